The molecule has 1 fully saturated rings. The van der Waals surface area contributed by atoms with Crippen molar-refractivity contribution in [3.63, 3.8) is 0 Å². The molecular weight excluding hydrogens is 464 g/mol. The van der Waals surface area contributed by atoms with E-state index in [4.69, 9.17) is 4.74 Å². The topological polar surface area (TPSA) is 92.8 Å². The van der Waals surface area contributed by atoms with Gasteiger partial charge in [-0.25, -0.2) is 13.2 Å². The molecule has 1 amide bonds. The van der Waals surface area contributed by atoms with Crippen LogP contribution in [0.4, 0.5) is 5.69 Å². The second-order valence-electron chi connectivity index (χ2n) is 11.1. The second kappa shape index (κ2) is 10.1. The molecule has 35 heavy (non-hydrogen) atoms. The minimum atomic E-state index is -3.51. The van der Waals surface area contributed by atoms with Gasteiger partial charge in [0.05, 0.1) is 10.5 Å². The van der Waals surface area contributed by atoms with Crippen molar-refractivity contribution in [2.24, 2.45) is 0 Å². The van der Waals surface area contributed by atoms with E-state index in [1.165, 1.54) is 28.6 Å². The predicted octanol–water partition coefficient (Wildman–Crippen LogP) is 4.86. The van der Waals surface area contributed by atoms with Gasteiger partial charge in [-0.05, 0) is 71.2 Å². The maximum Gasteiger partial charge on any atom is 0.338 e. The first-order chi connectivity index (χ1) is 16.2. The van der Waals surface area contributed by atoms with Crippen molar-refractivity contribution in [3.8, 4) is 0 Å². The minimum Gasteiger partial charge on any atom is -0.452 e. The Morgan fingerprint density at radius 2 is 1.40 bits per heavy atom. The lowest BCUT2D eigenvalue weighted by molar-refractivity contribution is -0.119. The molecule has 1 saturated heterocycles. The Balaban J connectivity index is 1.64. The van der Waals surface area contributed by atoms with Crippen LogP contribution in [0.15, 0.2) is 47.4 Å². The summed E-state index contributed by atoms with van der Waals surface area (Å²) in [6, 6.07) is 11.7. The van der Waals surface area contributed by atoms with Gasteiger partial charge in [0.2, 0.25) is 10.0 Å². The minimum absolute atomic E-state index is 0.151. The van der Waals surface area contributed by atoms with Crippen LogP contribution < -0.4 is 5.32 Å². The molecule has 2 aromatic rings. The van der Waals surface area contributed by atoms with E-state index < -0.39 is 28.5 Å². The zero-order valence-corrected chi connectivity index (χ0v) is 22.3. The summed E-state index contributed by atoms with van der Waals surface area (Å²) in [5.74, 6) is -1.07. The number of nitrogens with zero attached hydrogens (tertiary/aromatic N) is 1. The van der Waals surface area contributed by atoms with Gasteiger partial charge in [0, 0.05) is 18.8 Å². The zero-order valence-electron chi connectivity index (χ0n) is 21.5. The Hall–Kier alpha value is -2.71. The highest BCUT2D eigenvalue weighted by molar-refractivity contribution is 7.89. The molecule has 8 heteroatoms. The van der Waals surface area contributed by atoms with Gasteiger partial charge in [0.15, 0.2) is 6.61 Å². The van der Waals surface area contributed by atoms with Gasteiger partial charge < -0.3 is 10.1 Å². The van der Waals surface area contributed by atoms with Crippen LogP contribution >= 0.6 is 0 Å². The third-order valence-corrected chi connectivity index (χ3v) is 7.99. The van der Waals surface area contributed by atoms with Gasteiger partial charge in [-0.15, -0.1) is 0 Å². The summed E-state index contributed by atoms with van der Waals surface area (Å²) in [5.41, 5.74) is 2.57. The number of sulfonamides is 1. The summed E-state index contributed by atoms with van der Waals surface area (Å²) in [7, 11) is -3.51. The monoisotopic (exact) mass is 500 g/mol. The molecule has 1 heterocycles. The molecule has 3 rings (SSSR count). The van der Waals surface area contributed by atoms with Crippen LogP contribution in [0.5, 0.6) is 0 Å². The molecule has 0 aromatic heterocycles. The molecule has 7 nitrogen and oxygen atoms in total. The van der Waals surface area contributed by atoms with E-state index in [1.807, 2.05) is 12.1 Å². The van der Waals surface area contributed by atoms with E-state index in [2.05, 4.69) is 52.9 Å². The Morgan fingerprint density at radius 1 is 0.886 bits per heavy atom. The van der Waals surface area contributed by atoms with Crippen molar-refractivity contribution in [1.29, 1.82) is 0 Å². The standard InChI is InChI=1S/C27H36N2O5S/c1-26(2,3)20-15-19(16-21(17-20)27(4,5)6)25(31)34-18-24(30)28-22-9-11-23(12-10-22)35(32,33)29-13-7-8-14-29/h9-12,15-17H,7-8,13-14,18H2,1-6H3,(H,28,30). The summed E-state index contributed by atoms with van der Waals surface area (Å²) >= 11 is 0. The fraction of sp³-hybridized carbons (Fsp3) is 0.481. The van der Waals surface area contributed by atoms with E-state index in [-0.39, 0.29) is 15.7 Å². The molecule has 0 atom stereocenters. The number of hydrogen-bond acceptors (Lipinski definition) is 5. The van der Waals surface area contributed by atoms with Gasteiger partial charge in [0.25, 0.3) is 5.91 Å². The number of anilines is 1. The van der Waals surface area contributed by atoms with Crippen LogP contribution in [0.3, 0.4) is 0 Å². The lowest BCUT2D eigenvalue weighted by Gasteiger charge is -2.25. The van der Waals surface area contributed by atoms with Gasteiger partial charge in [0.1, 0.15) is 0 Å². The van der Waals surface area contributed by atoms with Crippen molar-refractivity contribution in [3.05, 3.63) is 59.2 Å². The number of esters is 1. The lowest BCUT2D eigenvalue weighted by atomic mass is 9.79. The lowest BCUT2D eigenvalue weighted by Crippen LogP contribution is -2.27. The molecule has 0 aliphatic carbocycles. The second-order valence-corrected chi connectivity index (χ2v) is 13.0. The van der Waals surface area contributed by atoms with Gasteiger partial charge in [-0.2, -0.15) is 4.31 Å². The smallest absolute Gasteiger partial charge is 0.338 e. The summed E-state index contributed by atoms with van der Waals surface area (Å²) in [5, 5.41) is 2.64. The summed E-state index contributed by atoms with van der Waals surface area (Å²) < 4.78 is 32.0. The Labute approximate surface area is 208 Å². The number of carbonyl (C=O) groups is 2. The van der Waals surface area contributed by atoms with E-state index >= 15 is 0 Å². The van der Waals surface area contributed by atoms with E-state index in [0.717, 1.165) is 24.0 Å². The molecule has 0 unspecified atom stereocenters. The Morgan fingerprint density at radius 3 is 1.89 bits per heavy atom. The van der Waals surface area contributed by atoms with E-state index in [9.17, 15) is 18.0 Å². The summed E-state index contributed by atoms with van der Waals surface area (Å²) in [4.78, 5) is 25.3. The molecule has 1 N–H and O–H groups in total. The van der Waals surface area contributed by atoms with Crippen molar-refractivity contribution >= 4 is 27.6 Å². The molecule has 0 spiro atoms. The Bertz CT molecular complexity index is 1150. The zero-order chi connectivity index (χ0) is 26.0. The van der Waals surface area contributed by atoms with Crippen LogP contribution in [0, 0.1) is 0 Å². The quantitative estimate of drug-likeness (QED) is 0.572. The highest BCUT2D eigenvalue weighted by Crippen LogP contribution is 2.30. The number of benzene rings is 2. The van der Waals surface area contributed by atoms with Crippen molar-refractivity contribution < 1.29 is 22.7 Å². The van der Waals surface area contributed by atoms with Crippen molar-refractivity contribution in [1.82, 2.24) is 4.31 Å². The highest BCUT2D eigenvalue weighted by atomic mass is 32.2. The van der Waals surface area contributed by atoms with Crippen molar-refractivity contribution in [2.75, 3.05) is 25.0 Å². The van der Waals surface area contributed by atoms with Crippen LogP contribution in [0.1, 0.15) is 75.9 Å². The first-order valence-corrected chi connectivity index (χ1v) is 13.4. The average molecular weight is 501 g/mol. The van der Waals surface area contributed by atoms with Crippen LogP contribution in [0.25, 0.3) is 0 Å². The molecule has 1 aliphatic heterocycles. The van der Waals surface area contributed by atoms with Crippen LogP contribution in [-0.4, -0.2) is 44.3 Å². The number of ether oxygens (including phenoxy) is 1. The van der Waals surface area contributed by atoms with Crippen LogP contribution in [-0.2, 0) is 30.4 Å². The molecular formula is C27H36N2O5S. The van der Waals surface area contributed by atoms with Crippen molar-refractivity contribution in [2.45, 2.75) is 70.1 Å². The van der Waals surface area contributed by atoms with E-state index in [0.29, 0.717) is 24.3 Å². The molecule has 0 saturated carbocycles. The predicted molar refractivity (Wildman–Crippen MR) is 137 cm³/mol. The molecule has 1 aliphatic rings. The Kier molecular flexibility index (Phi) is 7.77. The average Bonchev–Trinajstić information content (AvgIpc) is 3.32. The van der Waals surface area contributed by atoms with Gasteiger partial charge in [-0.3, -0.25) is 4.79 Å². The highest BCUT2D eigenvalue weighted by Gasteiger charge is 2.27. The fourth-order valence-electron chi connectivity index (χ4n) is 3.81. The SMILES string of the molecule is CC(C)(C)c1cc(C(=O)OCC(=O)Nc2ccc(S(=O)(=O)N3CCCC3)cc2)cc(C(C)(C)C)c1. The third kappa shape index (κ3) is 6.70. The maximum atomic E-state index is 12.8. The summed E-state index contributed by atoms with van der Waals surface area (Å²) in [6.07, 6.45) is 1.73. The molecule has 2 aromatic carbocycles. The number of nitrogens with one attached hydrogen (secondary N) is 1. The summed E-state index contributed by atoms with van der Waals surface area (Å²) in [6.45, 7) is 13.1. The fourth-order valence-corrected chi connectivity index (χ4v) is 5.33. The molecule has 190 valence electrons. The molecule has 0 bridgehead atoms. The maximum absolute atomic E-state index is 12.8. The number of carbonyl (C=O) groups excluding carboxylic acids is 2. The van der Waals surface area contributed by atoms with Gasteiger partial charge >= 0.3 is 5.97 Å². The van der Waals surface area contributed by atoms with E-state index in [1.54, 1.807) is 0 Å². The largest absolute Gasteiger partial charge is 0.452 e. The number of amides is 1. The third-order valence-electron chi connectivity index (χ3n) is 6.08. The normalized spacial score (nSPS) is 15.1. The molecule has 0 radical (unpaired) electrons. The van der Waals surface area contributed by atoms with Crippen LogP contribution in [0.2, 0.25) is 0 Å². The first kappa shape index (κ1) is 26.9. The first-order valence-electron chi connectivity index (χ1n) is 11.9. The van der Waals surface area contributed by atoms with Gasteiger partial charge in [-0.1, -0.05) is 47.6 Å². The number of hydrogen-bond donors (Lipinski definition) is 1. The number of rotatable bonds is 6.